The summed E-state index contributed by atoms with van der Waals surface area (Å²) >= 11 is 5.63. The number of para-hydroxylation sites is 2. The Kier molecular flexibility index (Phi) is 4.61. The van der Waals surface area contributed by atoms with Crippen LogP contribution in [-0.2, 0) is 4.79 Å². The highest BCUT2D eigenvalue weighted by atomic mass is 35.5. The maximum Gasteiger partial charge on any atom is 0.294 e. The van der Waals surface area contributed by atoms with Gasteiger partial charge in [-0.1, -0.05) is 23.7 Å². The van der Waals surface area contributed by atoms with Gasteiger partial charge in [-0.2, -0.15) is 5.10 Å². The van der Waals surface area contributed by atoms with Crippen molar-refractivity contribution in [2.75, 3.05) is 19.5 Å². The standard InChI is InChI=1S/C10H11ClN4O3/c1-14(2)10(16)9(11)13-12-7-5-3-4-6-8(7)15(17)18/h3-6,12H,1-2H3. The van der Waals surface area contributed by atoms with Crippen molar-refractivity contribution in [2.45, 2.75) is 0 Å². The second-order valence-corrected chi connectivity index (χ2v) is 3.85. The summed E-state index contributed by atoms with van der Waals surface area (Å²) in [4.78, 5) is 22.8. The molecule has 18 heavy (non-hydrogen) atoms. The normalized spacial score (nSPS) is 10.9. The van der Waals surface area contributed by atoms with Crippen molar-refractivity contribution in [1.82, 2.24) is 4.90 Å². The minimum absolute atomic E-state index is 0.150. The first-order valence-electron chi connectivity index (χ1n) is 4.87. The molecule has 1 rings (SSSR count). The molecule has 0 atom stereocenters. The minimum Gasteiger partial charge on any atom is -0.343 e. The summed E-state index contributed by atoms with van der Waals surface area (Å²) in [6.45, 7) is 0. The SMILES string of the molecule is CN(C)C(=O)C(Cl)=NNc1ccccc1[N+](=O)[O-]. The molecular formula is C10H11ClN4O3. The van der Waals surface area contributed by atoms with Gasteiger partial charge >= 0.3 is 0 Å². The molecule has 1 aromatic rings. The average Bonchev–Trinajstić information content (AvgIpc) is 2.35. The summed E-state index contributed by atoms with van der Waals surface area (Å²) in [5.74, 6) is -0.497. The van der Waals surface area contributed by atoms with Crippen LogP contribution >= 0.6 is 11.6 Å². The monoisotopic (exact) mass is 270 g/mol. The first kappa shape index (κ1) is 13.9. The zero-order chi connectivity index (χ0) is 13.7. The van der Waals surface area contributed by atoms with Gasteiger partial charge in [0.1, 0.15) is 5.69 Å². The van der Waals surface area contributed by atoms with Crippen LogP contribution < -0.4 is 5.43 Å². The molecule has 0 unspecified atom stereocenters. The summed E-state index contributed by atoms with van der Waals surface area (Å²) in [6, 6.07) is 5.91. The number of hydrogen-bond acceptors (Lipinski definition) is 5. The molecule has 7 nitrogen and oxygen atoms in total. The molecule has 0 fully saturated rings. The van der Waals surface area contributed by atoms with Crippen molar-refractivity contribution in [2.24, 2.45) is 5.10 Å². The molecule has 0 radical (unpaired) electrons. The first-order valence-corrected chi connectivity index (χ1v) is 5.25. The number of halogens is 1. The maximum absolute atomic E-state index is 11.4. The molecule has 1 N–H and O–H groups in total. The van der Waals surface area contributed by atoms with Crippen molar-refractivity contribution < 1.29 is 9.72 Å². The molecule has 0 aliphatic heterocycles. The number of carbonyl (C=O) groups is 1. The van der Waals surface area contributed by atoms with Gasteiger partial charge in [0.2, 0.25) is 5.17 Å². The Balaban J connectivity index is 2.90. The molecule has 0 bridgehead atoms. The fourth-order valence-corrected chi connectivity index (χ4v) is 1.28. The molecular weight excluding hydrogens is 260 g/mol. The van der Waals surface area contributed by atoms with E-state index in [4.69, 9.17) is 11.6 Å². The van der Waals surface area contributed by atoms with Crippen molar-refractivity contribution in [3.63, 3.8) is 0 Å². The molecule has 0 saturated heterocycles. The first-order chi connectivity index (χ1) is 8.43. The van der Waals surface area contributed by atoms with E-state index in [-0.39, 0.29) is 16.5 Å². The molecule has 0 spiro atoms. The molecule has 1 aromatic carbocycles. The third kappa shape index (κ3) is 3.42. The summed E-state index contributed by atoms with van der Waals surface area (Å²) in [6.07, 6.45) is 0. The number of nitrogens with zero attached hydrogens (tertiary/aromatic N) is 3. The lowest BCUT2D eigenvalue weighted by atomic mass is 10.3. The van der Waals surface area contributed by atoms with Crippen molar-refractivity contribution in [3.05, 3.63) is 34.4 Å². The Morgan fingerprint density at radius 3 is 2.61 bits per heavy atom. The number of amides is 1. The fourth-order valence-electron chi connectivity index (χ4n) is 1.07. The Labute approximate surface area is 108 Å². The number of benzene rings is 1. The zero-order valence-corrected chi connectivity index (χ0v) is 10.5. The van der Waals surface area contributed by atoms with Crippen molar-refractivity contribution in [1.29, 1.82) is 0 Å². The topological polar surface area (TPSA) is 87.8 Å². The lowest BCUT2D eigenvalue weighted by molar-refractivity contribution is -0.384. The molecule has 0 aliphatic rings. The quantitative estimate of drug-likeness (QED) is 0.512. The van der Waals surface area contributed by atoms with Crippen LogP contribution in [0, 0.1) is 10.1 Å². The fraction of sp³-hybridized carbons (Fsp3) is 0.200. The second-order valence-electron chi connectivity index (χ2n) is 3.49. The summed E-state index contributed by atoms with van der Waals surface area (Å²) in [5.41, 5.74) is 2.41. The van der Waals surface area contributed by atoms with E-state index >= 15 is 0 Å². The van der Waals surface area contributed by atoms with E-state index in [9.17, 15) is 14.9 Å². The highest BCUT2D eigenvalue weighted by Gasteiger charge is 2.14. The highest BCUT2D eigenvalue weighted by molar-refractivity contribution is 6.82. The number of hydrogen-bond donors (Lipinski definition) is 1. The Morgan fingerprint density at radius 2 is 2.06 bits per heavy atom. The van der Waals surface area contributed by atoms with Crippen LogP contribution in [0.4, 0.5) is 11.4 Å². The van der Waals surface area contributed by atoms with Gasteiger partial charge in [-0.25, -0.2) is 0 Å². The number of nitro benzene ring substituents is 1. The summed E-state index contributed by atoms with van der Waals surface area (Å²) in [5, 5.41) is 14.0. The zero-order valence-electron chi connectivity index (χ0n) is 9.75. The Morgan fingerprint density at radius 1 is 1.44 bits per heavy atom. The van der Waals surface area contributed by atoms with Crippen LogP contribution in [0.5, 0.6) is 0 Å². The molecule has 0 heterocycles. The number of hydrazone groups is 1. The van der Waals surface area contributed by atoms with Gasteiger partial charge in [-0.05, 0) is 6.07 Å². The maximum atomic E-state index is 11.4. The van der Waals surface area contributed by atoms with Crippen LogP contribution in [0.3, 0.4) is 0 Å². The molecule has 0 aliphatic carbocycles. The predicted molar refractivity (Wildman–Crippen MR) is 68.7 cm³/mol. The van der Waals surface area contributed by atoms with E-state index in [2.05, 4.69) is 10.5 Å². The van der Waals surface area contributed by atoms with Crippen LogP contribution in [0.25, 0.3) is 0 Å². The lowest BCUT2D eigenvalue weighted by Crippen LogP contribution is -2.27. The molecule has 1 amide bonds. The number of nitro groups is 1. The van der Waals surface area contributed by atoms with Crippen LogP contribution in [0.2, 0.25) is 0 Å². The van der Waals surface area contributed by atoms with Crippen LogP contribution in [0.15, 0.2) is 29.4 Å². The van der Waals surface area contributed by atoms with Gasteiger partial charge in [-0.3, -0.25) is 20.3 Å². The van der Waals surface area contributed by atoms with Gasteiger partial charge in [0, 0.05) is 20.2 Å². The molecule has 0 aromatic heterocycles. The number of nitrogens with one attached hydrogen (secondary N) is 1. The van der Waals surface area contributed by atoms with Gasteiger partial charge in [0.15, 0.2) is 0 Å². The van der Waals surface area contributed by atoms with Gasteiger partial charge in [0.25, 0.3) is 11.6 Å². The molecule has 0 saturated carbocycles. The molecule has 8 heteroatoms. The number of anilines is 1. The van der Waals surface area contributed by atoms with E-state index < -0.39 is 10.8 Å². The largest absolute Gasteiger partial charge is 0.343 e. The summed E-state index contributed by atoms with van der Waals surface area (Å²) < 4.78 is 0. The average molecular weight is 271 g/mol. The minimum atomic E-state index is -0.556. The van der Waals surface area contributed by atoms with Gasteiger partial charge in [-0.15, -0.1) is 0 Å². The van der Waals surface area contributed by atoms with E-state index in [0.29, 0.717) is 0 Å². The highest BCUT2D eigenvalue weighted by Crippen LogP contribution is 2.23. The summed E-state index contributed by atoms with van der Waals surface area (Å²) in [7, 11) is 3.04. The van der Waals surface area contributed by atoms with E-state index in [1.54, 1.807) is 6.07 Å². The van der Waals surface area contributed by atoms with Gasteiger partial charge < -0.3 is 4.90 Å². The Bertz CT molecular complexity index is 502. The number of rotatable bonds is 4. The smallest absolute Gasteiger partial charge is 0.294 e. The second kappa shape index (κ2) is 5.97. The van der Waals surface area contributed by atoms with Crippen LogP contribution in [-0.4, -0.2) is 35.0 Å². The molecule has 96 valence electrons. The van der Waals surface area contributed by atoms with Crippen LogP contribution in [0.1, 0.15) is 0 Å². The van der Waals surface area contributed by atoms with Crippen molar-refractivity contribution in [3.8, 4) is 0 Å². The van der Waals surface area contributed by atoms with Gasteiger partial charge in [0.05, 0.1) is 4.92 Å². The van der Waals surface area contributed by atoms with E-state index in [1.807, 2.05) is 0 Å². The van der Waals surface area contributed by atoms with E-state index in [0.717, 1.165) is 0 Å². The van der Waals surface area contributed by atoms with E-state index in [1.165, 1.54) is 37.2 Å². The third-order valence-electron chi connectivity index (χ3n) is 1.96. The van der Waals surface area contributed by atoms with Crippen molar-refractivity contribution >= 4 is 34.1 Å². The predicted octanol–water partition coefficient (Wildman–Crippen LogP) is 1.65. The lowest BCUT2D eigenvalue weighted by Gasteiger charge is -2.08. The Hall–Kier alpha value is -2.15. The third-order valence-corrected chi connectivity index (χ3v) is 2.20. The number of carbonyl (C=O) groups excluding carboxylic acids is 1.